The second kappa shape index (κ2) is 12.8. The quantitative estimate of drug-likeness (QED) is 0.182. The van der Waals surface area contributed by atoms with Gasteiger partial charge in [0, 0.05) is 40.3 Å². The predicted octanol–water partition coefficient (Wildman–Crippen LogP) is 13.2. The summed E-state index contributed by atoms with van der Waals surface area (Å²) >= 11 is 0. The predicted molar refractivity (Wildman–Crippen MR) is 224 cm³/mol. The molecule has 0 fully saturated rings. The van der Waals surface area contributed by atoms with Crippen LogP contribution in [0.2, 0.25) is 0 Å². The molecule has 260 valence electrons. The van der Waals surface area contributed by atoms with E-state index < -0.39 is 0 Å². The van der Waals surface area contributed by atoms with Gasteiger partial charge in [-0.25, -0.2) is 0 Å². The van der Waals surface area contributed by atoms with Gasteiger partial charge in [-0.05, 0) is 150 Å². The molecule has 3 aliphatic carbocycles. The Kier molecular flexibility index (Phi) is 7.76. The number of hydrogen-bond acceptors (Lipinski definition) is 2. The topological polar surface area (TPSA) is 6.48 Å². The highest BCUT2D eigenvalue weighted by molar-refractivity contribution is 5.95. The summed E-state index contributed by atoms with van der Waals surface area (Å²) in [6, 6.07) is 44.1. The number of allylic oxidation sites excluding steroid dienone is 7. The number of rotatable bonds is 5. The van der Waals surface area contributed by atoms with E-state index in [0.717, 1.165) is 25.7 Å². The van der Waals surface area contributed by atoms with E-state index in [4.69, 9.17) is 0 Å². The Bertz CT molecular complexity index is 2400. The van der Waals surface area contributed by atoms with Gasteiger partial charge in [-0.15, -0.1) is 0 Å². The van der Waals surface area contributed by atoms with E-state index in [1.54, 1.807) is 0 Å². The fourth-order valence-corrected chi connectivity index (χ4v) is 9.98. The van der Waals surface area contributed by atoms with Crippen LogP contribution in [-0.4, -0.2) is 12.1 Å². The van der Waals surface area contributed by atoms with Gasteiger partial charge in [-0.3, -0.25) is 0 Å². The van der Waals surface area contributed by atoms with Crippen molar-refractivity contribution in [2.24, 2.45) is 5.92 Å². The molecule has 0 aromatic heterocycles. The Labute approximate surface area is 314 Å². The molecule has 2 heteroatoms. The molecule has 0 radical (unpaired) electrons. The first-order chi connectivity index (χ1) is 26.0. The summed E-state index contributed by atoms with van der Waals surface area (Å²) in [4.78, 5) is 5.27. The van der Waals surface area contributed by atoms with E-state index in [1.165, 1.54) is 84.0 Å². The molecule has 0 N–H and O–H groups in total. The average molecular weight is 687 g/mol. The third-order valence-corrected chi connectivity index (χ3v) is 12.3. The molecule has 2 nitrogen and oxygen atoms in total. The smallest absolute Gasteiger partial charge is 0.0633 e. The summed E-state index contributed by atoms with van der Waals surface area (Å²) in [6.07, 6.45) is 18.9. The van der Waals surface area contributed by atoms with Crippen LogP contribution in [-0.2, 0) is 0 Å². The maximum Gasteiger partial charge on any atom is 0.0633 e. The number of fused-ring (bicyclic) bond motifs is 6. The zero-order valence-corrected chi connectivity index (χ0v) is 31.0. The molecule has 4 atom stereocenters. The maximum absolute atomic E-state index is 2.64. The number of para-hydroxylation sites is 2. The van der Waals surface area contributed by atoms with Crippen LogP contribution in [0.15, 0.2) is 163 Å². The lowest BCUT2D eigenvalue weighted by Gasteiger charge is -2.35. The Hall–Kier alpha value is -5.60. The fraction of sp³-hybridized carbons (Fsp3) is 0.216. The van der Waals surface area contributed by atoms with Crippen molar-refractivity contribution in [2.75, 3.05) is 9.80 Å². The monoisotopic (exact) mass is 686 g/mol. The summed E-state index contributed by atoms with van der Waals surface area (Å²) in [5.74, 6) is 0.870. The van der Waals surface area contributed by atoms with Crippen molar-refractivity contribution < 1.29 is 0 Å². The molecule has 4 unspecified atom stereocenters. The Morgan fingerprint density at radius 2 is 1.38 bits per heavy atom. The van der Waals surface area contributed by atoms with Gasteiger partial charge in [0.05, 0.1) is 6.04 Å². The van der Waals surface area contributed by atoms with E-state index in [0.29, 0.717) is 17.9 Å². The molecule has 0 saturated heterocycles. The Balaban J connectivity index is 1.03. The maximum atomic E-state index is 2.64. The molecule has 5 aliphatic rings. The summed E-state index contributed by atoms with van der Waals surface area (Å²) in [5, 5.41) is 0. The second-order valence-corrected chi connectivity index (χ2v) is 15.8. The van der Waals surface area contributed by atoms with Crippen molar-refractivity contribution >= 4 is 33.9 Å². The molecule has 5 aromatic rings. The van der Waals surface area contributed by atoms with Gasteiger partial charge < -0.3 is 9.80 Å². The van der Waals surface area contributed by atoms with Gasteiger partial charge in [0.1, 0.15) is 0 Å². The summed E-state index contributed by atoms with van der Waals surface area (Å²) in [6.45, 7) is 6.80. The first-order valence-electron chi connectivity index (χ1n) is 19.6. The summed E-state index contributed by atoms with van der Waals surface area (Å²) in [5.41, 5.74) is 20.4. The van der Waals surface area contributed by atoms with Crippen LogP contribution in [0.4, 0.5) is 22.7 Å². The minimum atomic E-state index is 0.261. The molecule has 53 heavy (non-hydrogen) atoms. The molecule has 10 rings (SSSR count). The van der Waals surface area contributed by atoms with Gasteiger partial charge in [-0.2, -0.15) is 0 Å². The van der Waals surface area contributed by atoms with Gasteiger partial charge in [0.15, 0.2) is 0 Å². The van der Waals surface area contributed by atoms with Crippen molar-refractivity contribution in [3.63, 3.8) is 0 Å². The fourth-order valence-electron chi connectivity index (χ4n) is 9.98. The molecule has 0 spiro atoms. The van der Waals surface area contributed by atoms with Crippen molar-refractivity contribution in [2.45, 2.75) is 64.5 Å². The van der Waals surface area contributed by atoms with E-state index in [-0.39, 0.29) is 6.04 Å². The van der Waals surface area contributed by atoms with Crippen molar-refractivity contribution in [1.82, 2.24) is 0 Å². The summed E-state index contributed by atoms with van der Waals surface area (Å²) < 4.78 is 0. The number of anilines is 4. The third kappa shape index (κ3) is 5.46. The number of nitrogens with zero attached hydrogens (tertiary/aromatic N) is 2. The highest BCUT2D eigenvalue weighted by atomic mass is 15.2. The van der Waals surface area contributed by atoms with Crippen LogP contribution in [0.5, 0.6) is 0 Å². The highest BCUT2D eigenvalue weighted by Crippen LogP contribution is 2.53. The lowest BCUT2D eigenvalue weighted by atomic mass is 9.79. The van der Waals surface area contributed by atoms with Crippen molar-refractivity contribution in [3.05, 3.63) is 191 Å². The zero-order valence-electron chi connectivity index (χ0n) is 31.0. The van der Waals surface area contributed by atoms with Crippen molar-refractivity contribution in [3.8, 4) is 11.1 Å². The summed E-state index contributed by atoms with van der Waals surface area (Å²) in [7, 11) is 0. The van der Waals surface area contributed by atoms with Gasteiger partial charge in [-0.1, -0.05) is 110 Å². The van der Waals surface area contributed by atoms with Gasteiger partial charge in [0.25, 0.3) is 0 Å². The van der Waals surface area contributed by atoms with E-state index in [9.17, 15) is 0 Å². The van der Waals surface area contributed by atoms with Crippen LogP contribution in [0, 0.1) is 19.8 Å². The minimum Gasteiger partial charge on any atom is -0.337 e. The minimum absolute atomic E-state index is 0.261. The first-order valence-corrected chi connectivity index (χ1v) is 19.6. The largest absolute Gasteiger partial charge is 0.337 e. The SMILES string of the molecule is Cc1cc(C)cc(N2c3ccccc3C3C=C(C4=CCC5C(=C4)c4ccccc4N5c4cc(C5=CC=CCC5C)cc(-c5ccccc5)c4)CCC32)c1. The van der Waals surface area contributed by atoms with Crippen LogP contribution in [0.1, 0.15) is 66.3 Å². The molecular weight excluding hydrogens is 641 g/mol. The Morgan fingerprint density at radius 1 is 0.642 bits per heavy atom. The van der Waals surface area contributed by atoms with Crippen molar-refractivity contribution in [1.29, 1.82) is 0 Å². The number of hydrogen-bond donors (Lipinski definition) is 0. The van der Waals surface area contributed by atoms with Crippen LogP contribution in [0.3, 0.4) is 0 Å². The lowest BCUT2D eigenvalue weighted by molar-refractivity contribution is 0.554. The first kappa shape index (κ1) is 32.1. The van der Waals surface area contributed by atoms with Crippen LogP contribution in [0.25, 0.3) is 22.3 Å². The molecule has 0 bridgehead atoms. The lowest BCUT2D eigenvalue weighted by Crippen LogP contribution is -2.32. The van der Waals surface area contributed by atoms with Gasteiger partial charge >= 0.3 is 0 Å². The van der Waals surface area contributed by atoms with E-state index in [2.05, 4.69) is 182 Å². The average Bonchev–Trinajstić information content (AvgIpc) is 3.70. The molecule has 2 aliphatic heterocycles. The number of benzene rings is 5. The normalized spacial score (nSPS) is 22.6. The molecule has 0 saturated carbocycles. The standard InChI is InChI=1S/C51H46N2/c1-33-25-34(2)27-41(26-33)52-48-19-11-9-17-44(48)46-31-37(21-23-50(46)52)38-22-24-51-47(32-38)45-18-10-12-20-49(45)53(51)42-29-39(36-14-5-4-6-15-36)28-40(30-42)43-16-8-7-13-35(43)3/h4-12,14-20,22,25-32,35,46,50-51H,13,21,23-24H2,1-3H3. The highest BCUT2D eigenvalue weighted by Gasteiger charge is 2.41. The molecule has 2 heterocycles. The zero-order chi connectivity index (χ0) is 35.6. The molecule has 5 aromatic carbocycles. The van der Waals surface area contributed by atoms with Crippen LogP contribution >= 0.6 is 0 Å². The van der Waals surface area contributed by atoms with E-state index >= 15 is 0 Å². The molecular formula is C51H46N2. The Morgan fingerprint density at radius 3 is 2.21 bits per heavy atom. The second-order valence-electron chi connectivity index (χ2n) is 15.8. The number of aryl methyl sites for hydroxylation is 2. The van der Waals surface area contributed by atoms with Gasteiger partial charge in [0.2, 0.25) is 0 Å². The third-order valence-electron chi connectivity index (χ3n) is 12.3. The van der Waals surface area contributed by atoms with Crippen LogP contribution < -0.4 is 9.80 Å². The molecule has 0 amide bonds. The van der Waals surface area contributed by atoms with E-state index in [1.807, 2.05) is 0 Å².